The van der Waals surface area contributed by atoms with Crippen LogP contribution in [-0.4, -0.2) is 33.8 Å². The smallest absolute Gasteiger partial charge is 0.269 e. The summed E-state index contributed by atoms with van der Waals surface area (Å²) in [6, 6.07) is 47.7. The van der Waals surface area contributed by atoms with Gasteiger partial charge in [0.25, 0.3) is 10.0 Å². The maximum atomic E-state index is 14.2. The summed E-state index contributed by atoms with van der Waals surface area (Å²) in [6.45, 7) is 0.668. The summed E-state index contributed by atoms with van der Waals surface area (Å²) in [5.41, 5.74) is 7.12. The van der Waals surface area contributed by atoms with E-state index < -0.39 is 15.6 Å². The van der Waals surface area contributed by atoms with Crippen molar-refractivity contribution in [1.29, 1.82) is 0 Å². The van der Waals surface area contributed by atoms with Crippen LogP contribution in [0.2, 0.25) is 0 Å². The molecule has 0 amide bonds. The number of hydrogen-bond acceptors (Lipinski definition) is 5. The van der Waals surface area contributed by atoms with E-state index in [0.717, 1.165) is 51.1 Å². The van der Waals surface area contributed by atoms with E-state index in [9.17, 15) is 8.42 Å². The Morgan fingerprint density at radius 2 is 1.24 bits per heavy atom. The van der Waals surface area contributed by atoms with E-state index >= 15 is 0 Å². The van der Waals surface area contributed by atoms with Crippen LogP contribution in [0.5, 0.6) is 5.75 Å². The van der Waals surface area contributed by atoms with Gasteiger partial charge in [-0.3, -0.25) is 4.68 Å². The van der Waals surface area contributed by atoms with Gasteiger partial charge in [-0.1, -0.05) is 115 Å². The Kier molecular flexibility index (Phi) is 7.40. The van der Waals surface area contributed by atoms with Gasteiger partial charge in [0.15, 0.2) is 5.65 Å². The van der Waals surface area contributed by atoms with Gasteiger partial charge in [-0.2, -0.15) is 5.10 Å². The lowest BCUT2D eigenvalue weighted by Crippen LogP contribution is -2.38. The molecule has 1 aliphatic rings. The number of benzene rings is 5. The van der Waals surface area contributed by atoms with Crippen LogP contribution in [0.3, 0.4) is 0 Å². The van der Waals surface area contributed by atoms with Crippen molar-refractivity contribution in [2.24, 2.45) is 0 Å². The lowest BCUT2D eigenvalue weighted by Gasteiger charge is -2.36. The second-order valence-corrected chi connectivity index (χ2v) is 14.5. The van der Waals surface area contributed by atoms with Crippen LogP contribution in [0.25, 0.3) is 33.3 Å². The van der Waals surface area contributed by atoms with Crippen molar-refractivity contribution in [2.75, 3.05) is 6.61 Å². The Balaban J connectivity index is 1.28. The number of nitrogens with zero attached hydrogens (tertiary/aromatic N) is 4. The minimum Gasteiger partial charge on any atom is -0.493 e. The molecule has 9 rings (SSSR count). The largest absolute Gasteiger partial charge is 0.493 e. The molecule has 3 aromatic heterocycles. The van der Waals surface area contributed by atoms with Gasteiger partial charge in [-0.15, -0.1) is 0 Å². The zero-order valence-electron chi connectivity index (χ0n) is 27.5. The molecule has 0 saturated carbocycles. The summed E-state index contributed by atoms with van der Waals surface area (Å²) in [7, 11) is -3.98. The third kappa shape index (κ3) is 5.06. The Hall–Kier alpha value is -6.25. The van der Waals surface area contributed by atoms with Crippen molar-refractivity contribution in [1.82, 2.24) is 18.7 Å². The first kappa shape index (κ1) is 30.8. The predicted molar refractivity (Wildman–Crippen MR) is 199 cm³/mol. The van der Waals surface area contributed by atoms with Crippen molar-refractivity contribution in [2.45, 2.75) is 16.9 Å². The monoisotopic (exact) mass is 684 g/mol. The number of ether oxygens (including phenoxy) is 1. The zero-order valence-corrected chi connectivity index (χ0v) is 28.3. The van der Waals surface area contributed by atoms with Crippen molar-refractivity contribution in [3.05, 3.63) is 193 Å². The van der Waals surface area contributed by atoms with Crippen molar-refractivity contribution in [3.63, 3.8) is 0 Å². The van der Waals surface area contributed by atoms with Crippen LogP contribution >= 0.6 is 0 Å². The first-order valence-electron chi connectivity index (χ1n) is 16.8. The number of fused-ring (bicyclic) bond motifs is 2. The molecule has 8 heteroatoms. The molecule has 248 valence electrons. The third-order valence-electron chi connectivity index (χ3n) is 9.75. The van der Waals surface area contributed by atoms with E-state index in [1.54, 1.807) is 42.7 Å². The molecule has 0 bridgehead atoms. The number of aromatic nitrogens is 4. The van der Waals surface area contributed by atoms with Gasteiger partial charge in [0.2, 0.25) is 0 Å². The minimum absolute atomic E-state index is 0.185. The van der Waals surface area contributed by atoms with Crippen LogP contribution in [-0.2, 0) is 22.0 Å². The Bertz CT molecular complexity index is 2520. The topological polar surface area (TPSA) is 79.0 Å². The van der Waals surface area contributed by atoms with E-state index in [4.69, 9.17) is 14.8 Å². The molecule has 0 atom stereocenters. The molecule has 0 radical (unpaired) electrons. The highest BCUT2D eigenvalue weighted by Crippen LogP contribution is 2.42. The molecule has 4 heterocycles. The maximum absolute atomic E-state index is 14.2. The summed E-state index contributed by atoms with van der Waals surface area (Å²) < 4.78 is 37.4. The van der Waals surface area contributed by atoms with E-state index in [2.05, 4.69) is 42.5 Å². The highest BCUT2D eigenvalue weighted by atomic mass is 32.2. The van der Waals surface area contributed by atoms with Gasteiger partial charge in [0, 0.05) is 47.1 Å². The summed E-state index contributed by atoms with van der Waals surface area (Å²) in [5, 5.41) is 5.78. The first-order chi connectivity index (χ1) is 25.0. The van der Waals surface area contributed by atoms with E-state index in [0.29, 0.717) is 23.2 Å². The Morgan fingerprint density at radius 1 is 0.627 bits per heavy atom. The van der Waals surface area contributed by atoms with Crippen LogP contribution in [0.15, 0.2) is 175 Å². The predicted octanol–water partition coefficient (Wildman–Crippen LogP) is 8.58. The summed E-state index contributed by atoms with van der Waals surface area (Å²) >= 11 is 0. The molecule has 8 aromatic rings. The fourth-order valence-corrected chi connectivity index (χ4v) is 8.65. The van der Waals surface area contributed by atoms with Crippen molar-refractivity contribution in [3.8, 4) is 28.0 Å². The molecule has 51 heavy (non-hydrogen) atoms. The van der Waals surface area contributed by atoms with Crippen molar-refractivity contribution >= 4 is 21.1 Å². The van der Waals surface area contributed by atoms with Crippen molar-refractivity contribution < 1.29 is 13.2 Å². The van der Waals surface area contributed by atoms with E-state index in [1.807, 2.05) is 89.9 Å². The van der Waals surface area contributed by atoms with E-state index in [-0.39, 0.29) is 4.90 Å². The standard InChI is InChI=1S/C43H32N4O3S/c48-51(49,38-19-11-4-12-20-38)46-30-40(39-26-33(27-44-42(39)46)31-21-22-41-32(25-31)23-24-50-41)34-28-45-47(29-34)43(35-13-5-1-6-14-35,36-15-7-2-8-16-36)37-17-9-3-10-18-37/h1-22,25-30H,23-24H2. The maximum Gasteiger partial charge on any atom is 0.269 e. The minimum atomic E-state index is -3.98. The molecule has 5 aromatic carbocycles. The molecular weight excluding hydrogens is 653 g/mol. The summed E-state index contributed by atoms with van der Waals surface area (Å²) in [5.74, 6) is 0.903. The third-order valence-corrected chi connectivity index (χ3v) is 11.4. The van der Waals surface area contributed by atoms with Crippen LogP contribution in [0, 0.1) is 0 Å². The second kappa shape index (κ2) is 12.3. The fourth-order valence-electron chi connectivity index (χ4n) is 7.30. The zero-order chi connectivity index (χ0) is 34.4. The molecule has 0 spiro atoms. The van der Waals surface area contributed by atoms with Gasteiger partial charge in [0.05, 0.1) is 17.7 Å². The summed E-state index contributed by atoms with van der Waals surface area (Å²) in [4.78, 5) is 5.00. The lowest BCUT2D eigenvalue weighted by atomic mass is 9.77. The number of pyridine rings is 1. The van der Waals surface area contributed by atoms with E-state index in [1.165, 1.54) is 3.97 Å². The number of hydrogen-bond donors (Lipinski definition) is 0. The highest BCUT2D eigenvalue weighted by molar-refractivity contribution is 7.90. The fraction of sp³-hybridized carbons (Fsp3) is 0.0698. The summed E-state index contributed by atoms with van der Waals surface area (Å²) in [6.07, 6.45) is 8.10. The molecular formula is C43H32N4O3S. The average Bonchev–Trinajstić information content (AvgIpc) is 3.96. The normalized spacial score (nSPS) is 12.9. The molecule has 0 aliphatic carbocycles. The second-order valence-electron chi connectivity index (χ2n) is 12.7. The van der Waals surface area contributed by atoms with Gasteiger partial charge < -0.3 is 4.74 Å². The first-order valence-corrected chi connectivity index (χ1v) is 18.3. The Labute approximate surface area is 296 Å². The highest BCUT2D eigenvalue weighted by Gasteiger charge is 2.39. The molecule has 1 aliphatic heterocycles. The molecule has 0 N–H and O–H groups in total. The molecule has 0 saturated heterocycles. The van der Waals surface area contributed by atoms with Gasteiger partial charge >= 0.3 is 0 Å². The van der Waals surface area contributed by atoms with Gasteiger partial charge in [0.1, 0.15) is 11.3 Å². The quantitative estimate of drug-likeness (QED) is 0.150. The lowest BCUT2D eigenvalue weighted by molar-refractivity contribution is 0.357. The number of rotatable bonds is 8. The van der Waals surface area contributed by atoms with Crippen LogP contribution in [0.1, 0.15) is 22.3 Å². The van der Waals surface area contributed by atoms with Crippen LogP contribution < -0.4 is 4.74 Å². The van der Waals surface area contributed by atoms with Gasteiger partial charge in [-0.25, -0.2) is 17.4 Å². The molecule has 7 nitrogen and oxygen atoms in total. The molecule has 0 unspecified atom stereocenters. The Morgan fingerprint density at radius 3 is 1.86 bits per heavy atom. The average molecular weight is 685 g/mol. The van der Waals surface area contributed by atoms with Gasteiger partial charge in [-0.05, 0) is 58.1 Å². The molecule has 0 fully saturated rings. The van der Waals surface area contributed by atoms with Crippen LogP contribution in [0.4, 0.5) is 0 Å². The SMILES string of the molecule is O=S(=O)(c1ccccc1)n1cc(-c2cnn(C(c3ccccc3)(c3ccccc3)c3ccccc3)c2)c2cc(-c3ccc4c(c3)CCO4)cnc21.